The molecule has 39 heavy (non-hydrogen) atoms. The number of fused-ring (bicyclic) bond motifs is 1. The number of anilines is 2. The third kappa shape index (κ3) is 6.36. The summed E-state index contributed by atoms with van der Waals surface area (Å²) in [7, 11) is -0.333. The highest BCUT2D eigenvalue weighted by Gasteiger charge is 2.37. The van der Waals surface area contributed by atoms with Gasteiger partial charge in [0.1, 0.15) is 11.6 Å². The fourth-order valence-electron chi connectivity index (χ4n) is 4.70. The molecule has 0 unspecified atom stereocenters. The Hall–Kier alpha value is -2.75. The van der Waals surface area contributed by atoms with Gasteiger partial charge >= 0.3 is 0 Å². The Labute approximate surface area is 232 Å². The van der Waals surface area contributed by atoms with Crippen LogP contribution in [0.15, 0.2) is 41.5 Å². The third-order valence-corrected chi connectivity index (χ3v) is 12.7. The summed E-state index contributed by atoms with van der Waals surface area (Å²) in [5, 5.41) is 0.627. The first-order valence-corrected chi connectivity index (χ1v) is 16.7. The third-order valence-electron chi connectivity index (χ3n) is 8.19. The molecule has 1 saturated heterocycles. The second-order valence-corrected chi connectivity index (χ2v) is 16.7. The van der Waals surface area contributed by atoms with Crippen molar-refractivity contribution in [3.8, 4) is 5.75 Å². The van der Waals surface area contributed by atoms with E-state index >= 15 is 4.39 Å². The molecule has 0 amide bonds. The van der Waals surface area contributed by atoms with Gasteiger partial charge in [0.05, 0.1) is 30.0 Å². The highest BCUT2D eigenvalue weighted by atomic mass is 28.4. The van der Waals surface area contributed by atoms with Crippen LogP contribution in [-0.4, -0.2) is 51.3 Å². The number of methoxy groups -OCH3 is 1. The molecule has 2 aromatic carbocycles. The van der Waals surface area contributed by atoms with E-state index < -0.39 is 8.32 Å². The summed E-state index contributed by atoms with van der Waals surface area (Å²) in [6, 6.07) is 9.04. The van der Waals surface area contributed by atoms with Gasteiger partial charge < -0.3 is 18.8 Å². The quantitative estimate of drug-likeness (QED) is 0.215. The molecule has 0 radical (unpaired) electrons. The van der Waals surface area contributed by atoms with E-state index in [1.165, 1.54) is 0 Å². The zero-order chi connectivity index (χ0) is 28.4. The van der Waals surface area contributed by atoms with Gasteiger partial charge in [-0.2, -0.15) is 0 Å². The molecule has 4 rings (SSSR count). The Kier molecular flexibility index (Phi) is 8.83. The van der Waals surface area contributed by atoms with Gasteiger partial charge in [-0.15, -0.1) is 0 Å². The lowest BCUT2D eigenvalue weighted by atomic mass is 10.1. The molecule has 3 aromatic rings. The summed E-state index contributed by atoms with van der Waals surface area (Å²) in [6.07, 6.45) is 3.89. The fraction of sp³-hybridized carbons (Fsp3) is 0.533. The molecule has 0 spiro atoms. The van der Waals surface area contributed by atoms with Crippen molar-refractivity contribution in [2.45, 2.75) is 71.1 Å². The van der Waals surface area contributed by atoms with Gasteiger partial charge in [0.25, 0.3) is 5.56 Å². The highest BCUT2D eigenvalue weighted by Crippen LogP contribution is 2.37. The molecule has 2 heterocycles. The summed E-state index contributed by atoms with van der Waals surface area (Å²) in [5.74, 6) is 0.266. The van der Waals surface area contributed by atoms with E-state index in [1.54, 1.807) is 37.1 Å². The van der Waals surface area contributed by atoms with Crippen LogP contribution in [0.2, 0.25) is 18.1 Å². The lowest BCUT2D eigenvalue weighted by molar-refractivity contribution is 0.0685. The first-order chi connectivity index (χ1) is 18.4. The SMILES string of the molecule is COc1cc(C)c(F)c(N(CCCO[Si](C)(C)C(C)(C)C)c2ccc3ncn(C4CCOCC4)c(=O)c3c2)c1. The number of nitrogens with zero attached hydrogens (tertiary/aromatic N) is 3. The smallest absolute Gasteiger partial charge is 0.261 e. The molecule has 0 N–H and O–H groups in total. The van der Waals surface area contributed by atoms with E-state index in [4.69, 9.17) is 13.9 Å². The van der Waals surface area contributed by atoms with Crippen LogP contribution in [0, 0.1) is 12.7 Å². The van der Waals surface area contributed by atoms with Crippen LogP contribution in [0.25, 0.3) is 10.9 Å². The van der Waals surface area contributed by atoms with Crippen molar-refractivity contribution in [2.24, 2.45) is 0 Å². The zero-order valence-electron chi connectivity index (χ0n) is 24.3. The van der Waals surface area contributed by atoms with Gasteiger partial charge in [0.2, 0.25) is 0 Å². The molecule has 212 valence electrons. The number of ether oxygens (including phenoxy) is 2. The van der Waals surface area contributed by atoms with E-state index in [1.807, 2.05) is 23.1 Å². The van der Waals surface area contributed by atoms with E-state index in [9.17, 15) is 4.79 Å². The first kappa shape index (κ1) is 29.2. The van der Waals surface area contributed by atoms with Crippen molar-refractivity contribution in [2.75, 3.05) is 38.4 Å². The summed E-state index contributed by atoms with van der Waals surface area (Å²) in [6.45, 7) is 15.2. The van der Waals surface area contributed by atoms with Gasteiger partial charge in [0, 0.05) is 44.2 Å². The predicted molar refractivity (Wildman–Crippen MR) is 158 cm³/mol. The normalized spacial score (nSPS) is 15.1. The molecule has 7 nitrogen and oxygen atoms in total. The zero-order valence-corrected chi connectivity index (χ0v) is 25.3. The minimum absolute atomic E-state index is 0.0638. The number of hydrogen-bond donors (Lipinski definition) is 0. The van der Waals surface area contributed by atoms with E-state index in [-0.39, 0.29) is 22.5 Å². The highest BCUT2D eigenvalue weighted by molar-refractivity contribution is 6.74. The monoisotopic (exact) mass is 555 g/mol. The van der Waals surface area contributed by atoms with Gasteiger partial charge in [-0.25, -0.2) is 9.37 Å². The summed E-state index contributed by atoms with van der Waals surface area (Å²) >= 11 is 0. The van der Waals surface area contributed by atoms with Crippen LogP contribution in [0.5, 0.6) is 5.75 Å². The number of hydrogen-bond acceptors (Lipinski definition) is 6. The number of aromatic nitrogens is 2. The summed E-state index contributed by atoms with van der Waals surface area (Å²) in [4.78, 5) is 20.1. The van der Waals surface area contributed by atoms with Crippen LogP contribution < -0.4 is 15.2 Å². The average Bonchev–Trinajstić information content (AvgIpc) is 2.90. The number of aryl methyl sites for hydroxylation is 1. The van der Waals surface area contributed by atoms with Crippen LogP contribution in [-0.2, 0) is 9.16 Å². The minimum atomic E-state index is -1.91. The second kappa shape index (κ2) is 11.8. The Morgan fingerprint density at radius 2 is 1.90 bits per heavy atom. The molecular weight excluding hydrogens is 513 g/mol. The summed E-state index contributed by atoms with van der Waals surface area (Å²) in [5.41, 5.74) is 2.17. The topological polar surface area (TPSA) is 65.8 Å². The predicted octanol–water partition coefficient (Wildman–Crippen LogP) is 6.75. The maximum absolute atomic E-state index is 15.6. The second-order valence-electron chi connectivity index (χ2n) is 11.9. The molecule has 9 heteroatoms. The molecule has 1 fully saturated rings. The van der Waals surface area contributed by atoms with Crippen molar-refractivity contribution in [1.29, 1.82) is 0 Å². The molecule has 1 aromatic heterocycles. The molecule has 0 aliphatic carbocycles. The Morgan fingerprint density at radius 1 is 1.18 bits per heavy atom. The van der Waals surface area contributed by atoms with Gasteiger partial charge in [-0.3, -0.25) is 9.36 Å². The van der Waals surface area contributed by atoms with E-state index in [0.29, 0.717) is 60.7 Å². The lowest BCUT2D eigenvalue weighted by Crippen LogP contribution is -2.41. The van der Waals surface area contributed by atoms with Crippen LogP contribution in [0.1, 0.15) is 51.6 Å². The minimum Gasteiger partial charge on any atom is -0.497 e. The molecule has 1 aliphatic rings. The van der Waals surface area contributed by atoms with E-state index in [0.717, 1.165) is 18.5 Å². The molecule has 1 aliphatic heterocycles. The van der Waals surface area contributed by atoms with Crippen molar-refractivity contribution in [3.63, 3.8) is 0 Å². The maximum atomic E-state index is 15.6. The molecule has 0 saturated carbocycles. The lowest BCUT2D eigenvalue weighted by Gasteiger charge is -2.36. The van der Waals surface area contributed by atoms with Gasteiger partial charge in [0.15, 0.2) is 8.32 Å². The fourth-order valence-corrected chi connectivity index (χ4v) is 5.79. The largest absolute Gasteiger partial charge is 0.497 e. The van der Waals surface area contributed by atoms with Gasteiger partial charge in [-0.1, -0.05) is 20.8 Å². The number of benzene rings is 2. The standard InChI is InChI=1S/C30H42FN3O4Si/c1-21-17-24(36-5)19-27(28(21)31)33(13-8-14-38-39(6,7)30(2,3)4)23-9-10-26-25(18-23)29(35)34(20-32-26)22-11-15-37-16-12-22/h9-10,17-20,22H,8,11-16H2,1-7H3. The van der Waals surface area contributed by atoms with Crippen LogP contribution in [0.3, 0.4) is 0 Å². The van der Waals surface area contributed by atoms with Crippen LogP contribution in [0.4, 0.5) is 15.8 Å². The molecule has 0 atom stereocenters. The van der Waals surface area contributed by atoms with Crippen molar-refractivity contribution in [1.82, 2.24) is 9.55 Å². The Morgan fingerprint density at radius 3 is 2.56 bits per heavy atom. The van der Waals surface area contributed by atoms with Crippen LogP contribution >= 0.6 is 0 Å². The first-order valence-electron chi connectivity index (χ1n) is 13.8. The average molecular weight is 556 g/mol. The Bertz CT molecular complexity index is 1360. The van der Waals surface area contributed by atoms with Crippen molar-refractivity contribution in [3.05, 3.63) is 58.4 Å². The molecule has 0 bridgehead atoms. The summed E-state index contributed by atoms with van der Waals surface area (Å²) < 4.78 is 34.7. The van der Waals surface area contributed by atoms with Gasteiger partial charge in [-0.05, 0) is 74.1 Å². The van der Waals surface area contributed by atoms with Crippen molar-refractivity contribution >= 4 is 30.6 Å². The number of rotatable bonds is 9. The Balaban J connectivity index is 1.71. The maximum Gasteiger partial charge on any atom is 0.261 e. The van der Waals surface area contributed by atoms with Crippen molar-refractivity contribution < 1.29 is 18.3 Å². The molecular formula is C30H42FN3O4Si. The number of halogens is 1. The van der Waals surface area contributed by atoms with E-state index in [2.05, 4.69) is 38.8 Å².